The fourth-order valence-electron chi connectivity index (χ4n) is 4.89. The minimum Gasteiger partial charge on any atom is -0.381 e. The van der Waals surface area contributed by atoms with Crippen LogP contribution in [0.2, 0.25) is 0 Å². The molecule has 4 rings (SSSR count). The topological polar surface area (TPSA) is 54.5 Å². The zero-order valence-electron chi connectivity index (χ0n) is 18.0. The van der Waals surface area contributed by atoms with Gasteiger partial charge >= 0.3 is 0 Å². The summed E-state index contributed by atoms with van der Waals surface area (Å²) in [5.74, 6) is 0.714. The average Bonchev–Trinajstić information content (AvgIpc) is 2.79. The molecule has 1 amide bonds. The second-order valence-corrected chi connectivity index (χ2v) is 8.92. The van der Waals surface area contributed by atoms with Crippen molar-refractivity contribution in [2.45, 2.75) is 44.6 Å². The van der Waals surface area contributed by atoms with Crippen LogP contribution in [0.5, 0.6) is 0 Å². The van der Waals surface area contributed by atoms with Gasteiger partial charge in [-0.3, -0.25) is 9.78 Å². The minimum atomic E-state index is -0.408. The molecule has 3 heterocycles. The first-order valence-corrected chi connectivity index (χ1v) is 11.2. The summed E-state index contributed by atoms with van der Waals surface area (Å²) in [7, 11) is 2.21. The highest BCUT2D eigenvalue weighted by Gasteiger charge is 2.40. The molecule has 1 atom stereocenters. The van der Waals surface area contributed by atoms with Gasteiger partial charge in [0, 0.05) is 26.0 Å². The number of hydrogen-bond donors (Lipinski definition) is 1. The Morgan fingerprint density at radius 3 is 2.87 bits per heavy atom. The Morgan fingerprint density at radius 1 is 1.23 bits per heavy atom. The van der Waals surface area contributed by atoms with E-state index in [4.69, 9.17) is 4.74 Å². The van der Waals surface area contributed by atoms with Crippen molar-refractivity contribution in [1.82, 2.24) is 15.2 Å². The number of aromatic nitrogens is 1. The van der Waals surface area contributed by atoms with Gasteiger partial charge in [0.25, 0.3) is 0 Å². The van der Waals surface area contributed by atoms with E-state index in [2.05, 4.69) is 46.5 Å². The number of ether oxygens (including phenoxy) is 1. The van der Waals surface area contributed by atoms with Crippen LogP contribution < -0.4 is 5.32 Å². The molecule has 5 heteroatoms. The number of amides is 1. The van der Waals surface area contributed by atoms with Gasteiger partial charge in [-0.1, -0.05) is 30.3 Å². The molecule has 160 valence electrons. The van der Waals surface area contributed by atoms with Crippen LogP contribution in [-0.4, -0.2) is 49.1 Å². The van der Waals surface area contributed by atoms with Crippen molar-refractivity contribution in [3.63, 3.8) is 0 Å². The van der Waals surface area contributed by atoms with Crippen LogP contribution in [0, 0.1) is 5.41 Å². The van der Waals surface area contributed by atoms with E-state index in [0.29, 0.717) is 25.7 Å². The molecule has 2 aliphatic heterocycles. The highest BCUT2D eigenvalue weighted by Crippen LogP contribution is 2.36. The molecular formula is C25H33N3O2. The third-order valence-corrected chi connectivity index (χ3v) is 6.68. The van der Waals surface area contributed by atoms with Gasteiger partial charge in [0.15, 0.2) is 0 Å². The number of likely N-dealkylation sites (N-methyl/N-ethyl adjacent to an activating group) is 1. The third-order valence-electron chi connectivity index (χ3n) is 6.68. The number of carbonyl (C=O) groups is 1. The Balaban J connectivity index is 1.48. The molecule has 0 bridgehead atoms. The van der Waals surface area contributed by atoms with Gasteiger partial charge in [0.05, 0.1) is 17.7 Å². The number of rotatable bonds is 6. The number of nitrogens with zero attached hydrogens (tertiary/aromatic N) is 2. The molecule has 1 N–H and O–H groups in total. The number of hydrogen-bond acceptors (Lipinski definition) is 4. The van der Waals surface area contributed by atoms with E-state index in [1.807, 2.05) is 18.2 Å². The molecule has 5 nitrogen and oxygen atoms in total. The van der Waals surface area contributed by atoms with Crippen LogP contribution in [-0.2, 0) is 22.5 Å². The summed E-state index contributed by atoms with van der Waals surface area (Å²) in [5.41, 5.74) is 3.15. The lowest BCUT2D eigenvalue weighted by Gasteiger charge is -2.36. The van der Waals surface area contributed by atoms with Crippen molar-refractivity contribution in [2.75, 3.05) is 33.4 Å². The monoisotopic (exact) mass is 407 g/mol. The molecule has 0 aliphatic carbocycles. The SMILES string of the molecule is CN1CCC[C@@H](c2cccc(CC3(C(=O)NCc4ccccn4)CCOCC3)c2)C1. The second-order valence-electron chi connectivity index (χ2n) is 8.92. The predicted molar refractivity (Wildman–Crippen MR) is 118 cm³/mol. The average molecular weight is 408 g/mol. The molecule has 0 radical (unpaired) electrons. The van der Waals surface area contributed by atoms with Gasteiger partial charge in [-0.15, -0.1) is 0 Å². The Labute approximate surface area is 179 Å². The molecular weight excluding hydrogens is 374 g/mol. The Kier molecular flexibility index (Phi) is 6.80. The number of carbonyl (C=O) groups excluding carboxylic acids is 1. The largest absolute Gasteiger partial charge is 0.381 e. The fourth-order valence-corrected chi connectivity index (χ4v) is 4.89. The van der Waals surface area contributed by atoms with Gasteiger partial charge in [0.2, 0.25) is 5.91 Å². The molecule has 30 heavy (non-hydrogen) atoms. The standard InChI is InChI=1S/C25H33N3O2/c1-28-13-5-8-22(19-28)21-7-4-6-20(16-21)17-25(10-14-30-15-11-25)24(29)27-18-23-9-2-3-12-26-23/h2-4,6-7,9,12,16,22H,5,8,10-11,13-15,17-19H2,1H3,(H,27,29)/t22-/m1/s1. The maximum Gasteiger partial charge on any atom is 0.227 e. The van der Waals surface area contributed by atoms with E-state index in [0.717, 1.165) is 31.5 Å². The van der Waals surface area contributed by atoms with Crippen molar-refractivity contribution >= 4 is 5.91 Å². The Bertz CT molecular complexity index is 833. The van der Waals surface area contributed by atoms with Crippen LogP contribution >= 0.6 is 0 Å². The second kappa shape index (κ2) is 9.71. The normalized spacial score (nSPS) is 21.8. The van der Waals surface area contributed by atoms with Gasteiger partial charge in [-0.25, -0.2) is 0 Å². The lowest BCUT2D eigenvalue weighted by atomic mass is 9.74. The summed E-state index contributed by atoms with van der Waals surface area (Å²) >= 11 is 0. The molecule has 2 saturated heterocycles. The minimum absolute atomic E-state index is 0.124. The third kappa shape index (κ3) is 5.08. The lowest BCUT2D eigenvalue weighted by molar-refractivity contribution is -0.136. The van der Waals surface area contributed by atoms with E-state index in [1.165, 1.54) is 30.5 Å². The Hall–Kier alpha value is -2.24. The number of nitrogens with one attached hydrogen (secondary N) is 1. The van der Waals surface area contributed by atoms with Gasteiger partial charge in [-0.05, 0) is 74.9 Å². The molecule has 2 aliphatic rings. The number of likely N-dealkylation sites (tertiary alicyclic amines) is 1. The first kappa shape index (κ1) is 21.0. The van der Waals surface area contributed by atoms with Gasteiger partial charge in [-0.2, -0.15) is 0 Å². The fraction of sp³-hybridized carbons (Fsp3) is 0.520. The van der Waals surface area contributed by atoms with E-state index in [1.54, 1.807) is 6.20 Å². The van der Waals surface area contributed by atoms with Crippen LogP contribution in [0.4, 0.5) is 0 Å². The van der Waals surface area contributed by atoms with Crippen molar-refractivity contribution in [1.29, 1.82) is 0 Å². The van der Waals surface area contributed by atoms with Gasteiger partial charge in [0.1, 0.15) is 0 Å². The van der Waals surface area contributed by atoms with Crippen LogP contribution in [0.15, 0.2) is 48.7 Å². The summed E-state index contributed by atoms with van der Waals surface area (Å²) in [5, 5.41) is 3.15. The molecule has 1 aromatic carbocycles. The van der Waals surface area contributed by atoms with Crippen LogP contribution in [0.3, 0.4) is 0 Å². The molecule has 0 saturated carbocycles. The van der Waals surface area contributed by atoms with E-state index >= 15 is 0 Å². The molecule has 1 aromatic heterocycles. The zero-order valence-corrected chi connectivity index (χ0v) is 18.0. The number of benzene rings is 1. The van der Waals surface area contributed by atoms with Crippen molar-refractivity contribution in [2.24, 2.45) is 5.41 Å². The molecule has 0 unspecified atom stereocenters. The maximum absolute atomic E-state index is 13.3. The maximum atomic E-state index is 13.3. The highest BCUT2D eigenvalue weighted by atomic mass is 16.5. The number of pyridine rings is 1. The van der Waals surface area contributed by atoms with Crippen molar-refractivity contribution < 1.29 is 9.53 Å². The highest BCUT2D eigenvalue weighted by molar-refractivity contribution is 5.83. The first-order valence-electron chi connectivity index (χ1n) is 11.2. The summed E-state index contributed by atoms with van der Waals surface area (Å²) in [6.07, 6.45) is 6.55. The van der Waals surface area contributed by atoms with Crippen molar-refractivity contribution in [3.05, 3.63) is 65.5 Å². The van der Waals surface area contributed by atoms with Crippen molar-refractivity contribution in [3.8, 4) is 0 Å². The number of piperidine rings is 1. The quantitative estimate of drug-likeness (QED) is 0.796. The molecule has 2 fully saturated rings. The predicted octanol–water partition coefficient (Wildman–Crippen LogP) is 3.55. The smallest absolute Gasteiger partial charge is 0.227 e. The van der Waals surface area contributed by atoms with Gasteiger partial charge < -0.3 is 15.0 Å². The first-order chi connectivity index (χ1) is 14.6. The molecule has 2 aromatic rings. The van der Waals surface area contributed by atoms with E-state index in [-0.39, 0.29) is 5.91 Å². The zero-order chi connectivity index (χ0) is 20.8. The summed E-state index contributed by atoms with van der Waals surface area (Å²) in [6, 6.07) is 14.7. The summed E-state index contributed by atoms with van der Waals surface area (Å²) in [4.78, 5) is 20.1. The Morgan fingerprint density at radius 2 is 2.10 bits per heavy atom. The summed E-state index contributed by atoms with van der Waals surface area (Å²) in [6.45, 7) is 4.06. The van der Waals surface area contributed by atoms with E-state index < -0.39 is 5.41 Å². The summed E-state index contributed by atoms with van der Waals surface area (Å²) < 4.78 is 5.61. The molecule has 0 spiro atoms. The lowest BCUT2D eigenvalue weighted by Crippen LogP contribution is -2.46. The van der Waals surface area contributed by atoms with E-state index in [9.17, 15) is 4.79 Å². The van der Waals surface area contributed by atoms with Crippen LogP contribution in [0.1, 0.15) is 48.4 Å². The van der Waals surface area contributed by atoms with Crippen LogP contribution in [0.25, 0.3) is 0 Å².